The van der Waals surface area contributed by atoms with Gasteiger partial charge < -0.3 is 9.53 Å². The topological polar surface area (TPSA) is 26.3 Å². The van der Waals surface area contributed by atoms with Gasteiger partial charge in [-0.3, -0.25) is 0 Å². The summed E-state index contributed by atoms with van der Waals surface area (Å²) in [4.78, 5) is 10.5. The summed E-state index contributed by atoms with van der Waals surface area (Å²) in [5.41, 5.74) is 0.736. The van der Waals surface area contributed by atoms with Crippen molar-refractivity contribution in [2.24, 2.45) is 0 Å². The highest BCUT2D eigenvalue weighted by molar-refractivity contribution is 5.62. The number of aldehydes is 1. The van der Waals surface area contributed by atoms with E-state index in [1.165, 1.54) is 6.42 Å². The molecule has 0 saturated carbocycles. The SMILES string of the molecule is CC(C)(C)OC([CH]C=O)c1ccccc1. The Morgan fingerprint density at radius 3 is 2.27 bits per heavy atom. The highest BCUT2D eigenvalue weighted by atomic mass is 16.5. The van der Waals surface area contributed by atoms with Crippen LogP contribution in [0.2, 0.25) is 0 Å². The molecule has 0 saturated heterocycles. The van der Waals surface area contributed by atoms with Crippen LogP contribution in [0.1, 0.15) is 32.4 Å². The van der Waals surface area contributed by atoms with Crippen molar-refractivity contribution in [1.82, 2.24) is 0 Å². The second-order valence-corrected chi connectivity index (χ2v) is 4.39. The molecule has 0 aliphatic carbocycles. The monoisotopic (exact) mass is 205 g/mol. The summed E-state index contributed by atoms with van der Waals surface area (Å²) in [7, 11) is 0. The second kappa shape index (κ2) is 5.08. The summed E-state index contributed by atoms with van der Waals surface area (Å²) in [5, 5.41) is 0. The third-order valence-electron chi connectivity index (χ3n) is 1.86. The summed E-state index contributed by atoms with van der Waals surface area (Å²) in [5.74, 6) is 0. The van der Waals surface area contributed by atoms with Crippen LogP contribution in [0.25, 0.3) is 0 Å². The number of carbonyl (C=O) groups excluding carboxylic acids is 1. The van der Waals surface area contributed by atoms with Gasteiger partial charge in [-0.1, -0.05) is 30.3 Å². The molecule has 0 aliphatic rings. The van der Waals surface area contributed by atoms with Crippen molar-refractivity contribution in [3.8, 4) is 0 Å². The van der Waals surface area contributed by atoms with Crippen molar-refractivity contribution in [3.63, 3.8) is 0 Å². The third-order valence-corrected chi connectivity index (χ3v) is 1.86. The molecule has 1 unspecified atom stereocenters. The third kappa shape index (κ3) is 4.26. The Hall–Kier alpha value is -1.15. The Morgan fingerprint density at radius 2 is 1.80 bits per heavy atom. The number of hydrogen-bond donors (Lipinski definition) is 0. The van der Waals surface area contributed by atoms with Gasteiger partial charge >= 0.3 is 0 Å². The molecule has 0 fully saturated rings. The standard InChI is InChI=1S/C13H17O2/c1-13(2,3)15-12(9-10-14)11-7-5-4-6-8-11/h4-10,12H,1-3H3. The predicted molar refractivity (Wildman–Crippen MR) is 60.4 cm³/mol. The van der Waals surface area contributed by atoms with Crippen LogP contribution in [0.3, 0.4) is 0 Å². The smallest absolute Gasteiger partial charge is 0.126 e. The van der Waals surface area contributed by atoms with Crippen molar-refractivity contribution < 1.29 is 9.53 Å². The van der Waals surface area contributed by atoms with Crippen LogP contribution < -0.4 is 0 Å². The van der Waals surface area contributed by atoms with Gasteiger partial charge in [-0.25, -0.2) is 0 Å². The lowest BCUT2D eigenvalue weighted by atomic mass is 10.1. The number of hydrogen-bond acceptors (Lipinski definition) is 2. The van der Waals surface area contributed by atoms with Crippen molar-refractivity contribution in [2.75, 3.05) is 0 Å². The van der Waals surface area contributed by atoms with E-state index in [0.717, 1.165) is 11.8 Å². The fraction of sp³-hybridized carbons (Fsp3) is 0.385. The van der Waals surface area contributed by atoms with E-state index in [9.17, 15) is 4.79 Å². The summed E-state index contributed by atoms with van der Waals surface area (Å²) in [6, 6.07) is 9.73. The molecule has 0 spiro atoms. The normalized spacial score (nSPS) is 13.5. The first-order chi connectivity index (χ1) is 7.03. The van der Waals surface area contributed by atoms with Gasteiger partial charge in [-0.15, -0.1) is 0 Å². The van der Waals surface area contributed by atoms with Crippen LogP contribution in [0.15, 0.2) is 30.3 Å². The molecule has 1 rings (SSSR count). The molecule has 2 nitrogen and oxygen atoms in total. The molecular weight excluding hydrogens is 188 g/mol. The van der Waals surface area contributed by atoms with Gasteiger partial charge in [0.15, 0.2) is 0 Å². The maximum Gasteiger partial charge on any atom is 0.126 e. The average molecular weight is 205 g/mol. The molecule has 15 heavy (non-hydrogen) atoms. The minimum Gasteiger partial charge on any atom is -0.367 e. The Morgan fingerprint density at radius 1 is 1.20 bits per heavy atom. The van der Waals surface area contributed by atoms with E-state index in [1.807, 2.05) is 51.1 Å². The van der Waals surface area contributed by atoms with Gasteiger partial charge in [0, 0.05) is 0 Å². The molecule has 0 aromatic heterocycles. The van der Waals surface area contributed by atoms with Crippen molar-refractivity contribution in [3.05, 3.63) is 42.3 Å². The van der Waals surface area contributed by atoms with E-state index in [4.69, 9.17) is 4.74 Å². The maximum atomic E-state index is 10.5. The number of benzene rings is 1. The van der Waals surface area contributed by atoms with Crippen molar-refractivity contribution >= 4 is 6.29 Å². The van der Waals surface area contributed by atoms with Crippen LogP contribution in [-0.2, 0) is 9.53 Å². The van der Waals surface area contributed by atoms with E-state index in [2.05, 4.69) is 0 Å². The largest absolute Gasteiger partial charge is 0.367 e. The molecule has 2 heteroatoms. The molecule has 0 aliphatic heterocycles. The van der Waals surface area contributed by atoms with Gasteiger partial charge in [0.25, 0.3) is 0 Å². The van der Waals surface area contributed by atoms with E-state index in [-0.39, 0.29) is 11.7 Å². The zero-order valence-corrected chi connectivity index (χ0v) is 9.44. The van der Waals surface area contributed by atoms with Gasteiger partial charge in [0.1, 0.15) is 6.29 Å². The maximum absolute atomic E-state index is 10.5. The van der Waals surface area contributed by atoms with Gasteiger partial charge in [0.2, 0.25) is 0 Å². The minimum atomic E-state index is -0.264. The lowest BCUT2D eigenvalue weighted by Gasteiger charge is -2.26. The van der Waals surface area contributed by atoms with Crippen LogP contribution >= 0.6 is 0 Å². The second-order valence-electron chi connectivity index (χ2n) is 4.39. The number of ether oxygens (including phenoxy) is 1. The molecule has 1 radical (unpaired) electrons. The Balaban J connectivity index is 2.79. The molecule has 0 bridgehead atoms. The Bertz CT molecular complexity index is 298. The first kappa shape index (κ1) is 11.9. The van der Waals surface area contributed by atoms with E-state index >= 15 is 0 Å². The zero-order chi connectivity index (χ0) is 11.3. The Kier molecular flexibility index (Phi) is 4.04. The molecular formula is C13H17O2. The average Bonchev–Trinajstić information content (AvgIpc) is 2.17. The zero-order valence-electron chi connectivity index (χ0n) is 9.44. The predicted octanol–water partition coefficient (Wildman–Crippen LogP) is 2.95. The summed E-state index contributed by atoms with van der Waals surface area (Å²) < 4.78 is 5.78. The summed E-state index contributed by atoms with van der Waals surface area (Å²) in [6.07, 6.45) is 2.05. The van der Waals surface area contributed by atoms with Crippen LogP contribution in [0.4, 0.5) is 0 Å². The van der Waals surface area contributed by atoms with Crippen LogP contribution in [0, 0.1) is 6.42 Å². The first-order valence-corrected chi connectivity index (χ1v) is 5.04. The lowest BCUT2D eigenvalue weighted by Crippen LogP contribution is -2.23. The quantitative estimate of drug-likeness (QED) is 0.706. The van der Waals surface area contributed by atoms with Crippen LogP contribution in [0.5, 0.6) is 0 Å². The molecule has 1 atom stereocenters. The first-order valence-electron chi connectivity index (χ1n) is 5.04. The fourth-order valence-corrected chi connectivity index (χ4v) is 1.31. The fourth-order valence-electron chi connectivity index (χ4n) is 1.31. The molecule has 81 valence electrons. The number of rotatable bonds is 4. The molecule has 0 N–H and O–H groups in total. The molecule has 1 aromatic rings. The highest BCUT2D eigenvalue weighted by Gasteiger charge is 2.19. The summed E-state index contributed by atoms with van der Waals surface area (Å²) in [6.45, 7) is 5.92. The molecule has 0 amide bonds. The minimum absolute atomic E-state index is 0.260. The van der Waals surface area contributed by atoms with Crippen molar-refractivity contribution in [2.45, 2.75) is 32.5 Å². The highest BCUT2D eigenvalue weighted by Crippen LogP contribution is 2.25. The number of carbonyl (C=O) groups is 1. The van der Waals surface area contributed by atoms with Gasteiger partial charge in [0.05, 0.1) is 18.1 Å². The molecule has 1 aromatic carbocycles. The van der Waals surface area contributed by atoms with E-state index in [1.54, 1.807) is 0 Å². The van der Waals surface area contributed by atoms with Crippen molar-refractivity contribution in [1.29, 1.82) is 0 Å². The summed E-state index contributed by atoms with van der Waals surface area (Å²) >= 11 is 0. The lowest BCUT2D eigenvalue weighted by molar-refractivity contribution is -0.108. The van der Waals surface area contributed by atoms with Crippen LogP contribution in [-0.4, -0.2) is 11.9 Å². The van der Waals surface area contributed by atoms with E-state index < -0.39 is 0 Å². The Labute approximate surface area is 91.3 Å². The van der Waals surface area contributed by atoms with Gasteiger partial charge in [-0.05, 0) is 26.3 Å². The van der Waals surface area contributed by atoms with E-state index in [0.29, 0.717) is 0 Å². The van der Waals surface area contributed by atoms with Gasteiger partial charge in [-0.2, -0.15) is 0 Å². The molecule has 0 heterocycles.